The smallest absolute Gasteiger partial charge is 0.152 e. The molecule has 1 N–H and O–H groups in total. The molecule has 0 bridgehead atoms. The zero-order chi connectivity index (χ0) is 13.1. The van der Waals surface area contributed by atoms with Crippen LogP contribution < -0.4 is 5.32 Å². The van der Waals surface area contributed by atoms with Gasteiger partial charge in [-0.25, -0.2) is 13.5 Å². The summed E-state index contributed by atoms with van der Waals surface area (Å²) in [5.41, 5.74) is 1.01. The second kappa shape index (κ2) is 5.58. The molecule has 3 nitrogen and oxygen atoms in total. The summed E-state index contributed by atoms with van der Waals surface area (Å²) in [6.45, 7) is 3.44. The minimum atomic E-state index is -0.653. The highest BCUT2D eigenvalue weighted by molar-refractivity contribution is 9.10. The van der Waals surface area contributed by atoms with Gasteiger partial charge in [-0.3, -0.25) is 0 Å². The topological polar surface area (TPSA) is 29.9 Å². The summed E-state index contributed by atoms with van der Waals surface area (Å²) in [5, 5.41) is 7.36. The van der Waals surface area contributed by atoms with Crippen molar-refractivity contribution in [3.8, 4) is 5.69 Å². The highest BCUT2D eigenvalue weighted by Gasteiger charge is 2.12. The molecule has 0 aliphatic carbocycles. The molecule has 2 aromatic rings. The standard InChI is InChI=1S/C12H12BrF2N3/c1-2-16-7-9-3-4-18(17-9)12-10(13)5-8(14)6-11(12)15/h3-6,16H,2,7H2,1H3. The summed E-state index contributed by atoms with van der Waals surface area (Å²) in [5.74, 6) is -1.27. The molecule has 0 spiro atoms. The van der Waals surface area contributed by atoms with Crippen LogP contribution in [-0.2, 0) is 6.54 Å². The SMILES string of the molecule is CCNCc1ccn(-c2c(F)cc(F)cc2Br)n1. The lowest BCUT2D eigenvalue weighted by Gasteiger charge is -2.06. The van der Waals surface area contributed by atoms with Crippen LogP contribution >= 0.6 is 15.9 Å². The summed E-state index contributed by atoms with van der Waals surface area (Å²) < 4.78 is 28.4. The molecule has 0 radical (unpaired) electrons. The Balaban J connectivity index is 2.34. The third-order valence-corrected chi connectivity index (χ3v) is 3.02. The Morgan fingerprint density at radius 1 is 1.39 bits per heavy atom. The predicted octanol–water partition coefficient (Wildman–Crippen LogP) is 3.02. The maximum Gasteiger partial charge on any atom is 0.152 e. The Kier molecular flexibility index (Phi) is 4.08. The van der Waals surface area contributed by atoms with E-state index in [1.54, 1.807) is 12.3 Å². The minimum absolute atomic E-state index is 0.208. The average Bonchev–Trinajstić information content (AvgIpc) is 2.73. The normalized spacial score (nSPS) is 10.9. The molecule has 0 atom stereocenters. The fourth-order valence-corrected chi connectivity index (χ4v) is 2.18. The molecule has 0 aliphatic rings. The highest BCUT2D eigenvalue weighted by atomic mass is 79.9. The number of benzene rings is 1. The highest BCUT2D eigenvalue weighted by Crippen LogP contribution is 2.25. The van der Waals surface area contributed by atoms with Crippen LogP contribution in [0.15, 0.2) is 28.9 Å². The molecule has 0 fully saturated rings. The Bertz CT molecular complexity index is 531. The van der Waals surface area contributed by atoms with E-state index in [1.165, 1.54) is 10.7 Å². The zero-order valence-electron chi connectivity index (χ0n) is 9.75. The van der Waals surface area contributed by atoms with Gasteiger partial charge in [0.1, 0.15) is 11.5 Å². The summed E-state index contributed by atoms with van der Waals surface area (Å²) in [6.07, 6.45) is 1.65. The summed E-state index contributed by atoms with van der Waals surface area (Å²) in [4.78, 5) is 0. The second-order valence-electron chi connectivity index (χ2n) is 3.75. The molecular weight excluding hydrogens is 304 g/mol. The first kappa shape index (κ1) is 13.2. The van der Waals surface area contributed by atoms with E-state index in [0.29, 0.717) is 11.0 Å². The van der Waals surface area contributed by atoms with Gasteiger partial charge in [-0.2, -0.15) is 5.10 Å². The minimum Gasteiger partial charge on any atom is -0.311 e. The Morgan fingerprint density at radius 2 is 2.17 bits per heavy atom. The molecule has 6 heteroatoms. The molecule has 0 saturated carbocycles. The van der Waals surface area contributed by atoms with Gasteiger partial charge in [-0.15, -0.1) is 0 Å². The fraction of sp³-hybridized carbons (Fsp3) is 0.250. The molecule has 0 saturated heterocycles. The number of halogens is 3. The predicted molar refractivity (Wildman–Crippen MR) is 68.6 cm³/mol. The Morgan fingerprint density at radius 3 is 2.83 bits per heavy atom. The van der Waals surface area contributed by atoms with Crippen LogP contribution in [0.4, 0.5) is 8.78 Å². The third kappa shape index (κ3) is 2.76. The molecule has 1 heterocycles. The van der Waals surface area contributed by atoms with Gasteiger partial charge in [0, 0.05) is 23.3 Å². The van der Waals surface area contributed by atoms with Crippen LogP contribution in [0, 0.1) is 11.6 Å². The van der Waals surface area contributed by atoms with Crippen molar-refractivity contribution in [2.75, 3.05) is 6.54 Å². The van der Waals surface area contributed by atoms with Crippen molar-refractivity contribution < 1.29 is 8.78 Å². The zero-order valence-corrected chi connectivity index (χ0v) is 11.3. The largest absolute Gasteiger partial charge is 0.311 e. The van der Waals surface area contributed by atoms with Crippen molar-refractivity contribution in [1.82, 2.24) is 15.1 Å². The van der Waals surface area contributed by atoms with Gasteiger partial charge in [0.25, 0.3) is 0 Å². The van der Waals surface area contributed by atoms with Crippen LogP contribution in [0.3, 0.4) is 0 Å². The molecular formula is C12H12BrF2N3. The summed E-state index contributed by atoms with van der Waals surface area (Å²) >= 11 is 3.14. The van der Waals surface area contributed by atoms with Crippen LogP contribution in [0.25, 0.3) is 5.69 Å². The van der Waals surface area contributed by atoms with Gasteiger partial charge in [0.2, 0.25) is 0 Å². The van der Waals surface area contributed by atoms with E-state index in [9.17, 15) is 8.78 Å². The van der Waals surface area contributed by atoms with E-state index in [2.05, 4.69) is 26.3 Å². The van der Waals surface area contributed by atoms with Gasteiger partial charge in [0.05, 0.1) is 5.69 Å². The first-order chi connectivity index (χ1) is 8.61. The van der Waals surface area contributed by atoms with Crippen molar-refractivity contribution in [3.05, 3.63) is 46.2 Å². The molecule has 0 aliphatic heterocycles. The molecule has 96 valence electrons. The molecule has 2 rings (SSSR count). The number of rotatable bonds is 4. The molecule has 1 aromatic heterocycles. The molecule has 18 heavy (non-hydrogen) atoms. The number of nitrogens with zero attached hydrogens (tertiary/aromatic N) is 2. The molecule has 0 unspecified atom stereocenters. The van der Waals surface area contributed by atoms with Crippen LogP contribution in [0.5, 0.6) is 0 Å². The van der Waals surface area contributed by atoms with Crippen LogP contribution in [0.1, 0.15) is 12.6 Å². The van der Waals surface area contributed by atoms with E-state index in [1.807, 2.05) is 6.92 Å². The van der Waals surface area contributed by atoms with Crippen LogP contribution in [-0.4, -0.2) is 16.3 Å². The van der Waals surface area contributed by atoms with Crippen molar-refractivity contribution in [3.63, 3.8) is 0 Å². The number of hydrogen-bond acceptors (Lipinski definition) is 2. The number of nitrogens with one attached hydrogen (secondary N) is 1. The Hall–Kier alpha value is -1.27. The van der Waals surface area contributed by atoms with Crippen molar-refractivity contribution in [1.29, 1.82) is 0 Å². The van der Waals surface area contributed by atoms with Gasteiger partial charge in [-0.1, -0.05) is 6.92 Å². The fourth-order valence-electron chi connectivity index (χ4n) is 1.59. The monoisotopic (exact) mass is 315 g/mol. The van der Waals surface area contributed by atoms with Gasteiger partial charge >= 0.3 is 0 Å². The molecule has 0 amide bonds. The first-order valence-corrected chi connectivity index (χ1v) is 6.31. The Labute approximate surface area is 112 Å². The number of aromatic nitrogens is 2. The second-order valence-corrected chi connectivity index (χ2v) is 4.60. The van der Waals surface area contributed by atoms with Gasteiger partial charge in [0.15, 0.2) is 5.82 Å². The lowest BCUT2D eigenvalue weighted by atomic mass is 10.3. The lowest BCUT2D eigenvalue weighted by Crippen LogP contribution is -2.12. The van der Waals surface area contributed by atoms with Gasteiger partial charge in [-0.05, 0) is 34.6 Å². The van der Waals surface area contributed by atoms with E-state index in [0.717, 1.165) is 18.3 Å². The van der Waals surface area contributed by atoms with Crippen molar-refractivity contribution >= 4 is 15.9 Å². The van der Waals surface area contributed by atoms with E-state index < -0.39 is 11.6 Å². The van der Waals surface area contributed by atoms with Gasteiger partial charge < -0.3 is 5.32 Å². The maximum absolute atomic E-state index is 13.7. The maximum atomic E-state index is 13.7. The van der Waals surface area contributed by atoms with E-state index in [-0.39, 0.29) is 5.69 Å². The average molecular weight is 316 g/mol. The summed E-state index contributed by atoms with van der Waals surface area (Å²) in [6, 6.07) is 3.84. The van der Waals surface area contributed by atoms with Crippen molar-refractivity contribution in [2.45, 2.75) is 13.5 Å². The third-order valence-electron chi connectivity index (χ3n) is 2.41. The molecule has 1 aromatic carbocycles. The van der Waals surface area contributed by atoms with Crippen LogP contribution in [0.2, 0.25) is 0 Å². The number of hydrogen-bond donors (Lipinski definition) is 1. The van der Waals surface area contributed by atoms with E-state index >= 15 is 0 Å². The van der Waals surface area contributed by atoms with E-state index in [4.69, 9.17) is 0 Å². The quantitative estimate of drug-likeness (QED) is 0.940. The van der Waals surface area contributed by atoms with Crippen molar-refractivity contribution in [2.24, 2.45) is 0 Å². The summed E-state index contributed by atoms with van der Waals surface area (Å²) in [7, 11) is 0. The first-order valence-electron chi connectivity index (χ1n) is 5.52. The lowest BCUT2D eigenvalue weighted by molar-refractivity contribution is 0.570.